The molecule has 3 aromatic heterocycles. The number of pyridine rings is 1. The van der Waals surface area contributed by atoms with Crippen LogP contribution in [0.1, 0.15) is 46.5 Å². The number of carboxylic acid groups (broad SMARTS) is 1. The van der Waals surface area contributed by atoms with Crippen LogP contribution in [0.15, 0.2) is 48.7 Å². The van der Waals surface area contributed by atoms with E-state index in [9.17, 15) is 9.90 Å². The first-order valence-corrected chi connectivity index (χ1v) is 14.4. The number of fused-ring (bicyclic) bond motifs is 2. The Morgan fingerprint density at radius 3 is 2.85 bits per heavy atom. The third kappa shape index (κ3) is 4.54. The molecule has 3 aliphatic heterocycles. The molecule has 9 nitrogen and oxygen atoms in total. The minimum absolute atomic E-state index is 0.147. The predicted octanol–water partition coefficient (Wildman–Crippen LogP) is 5.57. The minimum atomic E-state index is -1.03. The van der Waals surface area contributed by atoms with Crippen LogP contribution in [0.25, 0.3) is 15.9 Å². The van der Waals surface area contributed by atoms with Gasteiger partial charge in [0.2, 0.25) is 0 Å². The summed E-state index contributed by atoms with van der Waals surface area (Å²) in [6.07, 6.45) is 5.83. The van der Waals surface area contributed by atoms with Crippen molar-refractivity contribution in [3.8, 4) is 11.5 Å². The van der Waals surface area contributed by atoms with E-state index in [4.69, 9.17) is 30.8 Å². The van der Waals surface area contributed by atoms with Gasteiger partial charge in [-0.2, -0.15) is 0 Å². The number of hydrogen-bond acceptors (Lipinski definition) is 8. The first-order valence-electron chi connectivity index (χ1n) is 13.2. The number of imidazole rings is 1. The maximum atomic E-state index is 11.5. The van der Waals surface area contributed by atoms with Crippen LogP contribution in [0, 0.1) is 0 Å². The normalized spacial score (nSPS) is 22.4. The summed E-state index contributed by atoms with van der Waals surface area (Å²) >= 11 is 7.25. The number of nitrogens with zero attached hydrogens (tertiary/aromatic N) is 4. The standard InChI is InChI=1S/C29H27ClN4O5S/c1-29(24-6-5-18(30)14-31-24)38-22-4-2-3-20(26(22)39-29)17-7-10-33(11-8-17)16-25-32-27-21(13-23(40-27)28(35)36)34(25)15-19-9-12-37-19/h2-7,13-14,19H,8-12,15-16H2,1H3,(H,35,36). The van der Waals surface area contributed by atoms with E-state index in [2.05, 4.69) is 26.6 Å². The Kier molecular flexibility index (Phi) is 6.31. The molecular formula is C29H27ClN4O5S. The number of ether oxygens (including phenoxy) is 3. The van der Waals surface area contributed by atoms with E-state index in [0.717, 1.165) is 60.0 Å². The second kappa shape index (κ2) is 9.88. The van der Waals surface area contributed by atoms with Gasteiger partial charge in [-0.3, -0.25) is 9.88 Å². The molecule has 40 heavy (non-hydrogen) atoms. The Hall–Kier alpha value is -3.44. The van der Waals surface area contributed by atoms with Gasteiger partial charge in [-0.15, -0.1) is 11.3 Å². The van der Waals surface area contributed by atoms with Gasteiger partial charge in [-0.1, -0.05) is 29.8 Å². The minimum Gasteiger partial charge on any atom is -0.477 e. The molecule has 4 aromatic rings. The Balaban J connectivity index is 1.10. The van der Waals surface area contributed by atoms with Crippen LogP contribution in [0.4, 0.5) is 0 Å². The van der Waals surface area contributed by atoms with Crippen LogP contribution in [0.2, 0.25) is 5.02 Å². The van der Waals surface area contributed by atoms with E-state index < -0.39 is 11.8 Å². The van der Waals surface area contributed by atoms with Crippen molar-refractivity contribution in [3.63, 3.8) is 0 Å². The van der Waals surface area contributed by atoms with Gasteiger partial charge in [0.05, 0.1) is 29.7 Å². The molecule has 1 fully saturated rings. The first kappa shape index (κ1) is 25.5. The molecule has 2 atom stereocenters. The summed E-state index contributed by atoms with van der Waals surface area (Å²) in [7, 11) is 0. The molecule has 11 heteroatoms. The smallest absolute Gasteiger partial charge is 0.346 e. The number of carbonyl (C=O) groups is 1. The van der Waals surface area contributed by atoms with Crippen LogP contribution in [-0.4, -0.2) is 56.3 Å². The van der Waals surface area contributed by atoms with Gasteiger partial charge in [-0.25, -0.2) is 9.78 Å². The van der Waals surface area contributed by atoms with Crippen molar-refractivity contribution in [1.82, 2.24) is 19.4 Å². The average molecular weight is 579 g/mol. The van der Waals surface area contributed by atoms with Gasteiger partial charge in [0.1, 0.15) is 21.2 Å². The van der Waals surface area contributed by atoms with E-state index in [0.29, 0.717) is 34.4 Å². The third-order valence-corrected chi connectivity index (χ3v) is 8.92. The Bertz CT molecular complexity index is 1640. The van der Waals surface area contributed by atoms with E-state index in [1.807, 2.05) is 25.1 Å². The summed E-state index contributed by atoms with van der Waals surface area (Å²) < 4.78 is 20.5. The van der Waals surface area contributed by atoms with Crippen LogP contribution in [0.5, 0.6) is 11.5 Å². The third-order valence-electron chi connectivity index (χ3n) is 7.69. The lowest BCUT2D eigenvalue weighted by molar-refractivity contribution is -0.0718. The van der Waals surface area contributed by atoms with Crippen molar-refractivity contribution in [2.45, 2.75) is 44.7 Å². The second-order valence-corrected chi connectivity index (χ2v) is 11.9. The van der Waals surface area contributed by atoms with Gasteiger partial charge in [0.25, 0.3) is 5.79 Å². The number of thiophene rings is 1. The number of aromatic nitrogens is 3. The lowest BCUT2D eigenvalue weighted by Crippen LogP contribution is -2.33. The summed E-state index contributed by atoms with van der Waals surface area (Å²) in [6.45, 7) is 5.61. The molecule has 3 aliphatic rings. The van der Waals surface area contributed by atoms with Gasteiger partial charge >= 0.3 is 5.97 Å². The molecule has 0 radical (unpaired) electrons. The summed E-state index contributed by atoms with van der Waals surface area (Å²) in [6, 6.07) is 11.3. The van der Waals surface area contributed by atoms with Crippen molar-refractivity contribution in [2.75, 3.05) is 19.7 Å². The summed E-state index contributed by atoms with van der Waals surface area (Å²) in [5, 5.41) is 10.0. The van der Waals surface area contributed by atoms with Crippen molar-refractivity contribution < 1.29 is 24.1 Å². The summed E-state index contributed by atoms with van der Waals surface area (Å²) in [4.78, 5) is 24.2. The number of hydrogen-bond donors (Lipinski definition) is 1. The topological polar surface area (TPSA) is 98.9 Å². The van der Waals surface area contributed by atoms with E-state index in [1.165, 1.54) is 16.9 Å². The van der Waals surface area contributed by atoms with Gasteiger partial charge in [0.15, 0.2) is 11.5 Å². The van der Waals surface area contributed by atoms with E-state index >= 15 is 0 Å². The summed E-state index contributed by atoms with van der Waals surface area (Å²) in [5.74, 6) is 0.414. The van der Waals surface area contributed by atoms with Crippen molar-refractivity contribution in [1.29, 1.82) is 0 Å². The molecule has 1 saturated heterocycles. The van der Waals surface area contributed by atoms with Crippen LogP contribution in [-0.2, 0) is 23.6 Å². The van der Waals surface area contributed by atoms with Gasteiger partial charge < -0.3 is 23.9 Å². The molecule has 1 aromatic carbocycles. The molecule has 2 unspecified atom stereocenters. The zero-order chi connectivity index (χ0) is 27.4. The highest BCUT2D eigenvalue weighted by Gasteiger charge is 2.41. The summed E-state index contributed by atoms with van der Waals surface area (Å²) in [5.41, 5.74) is 3.76. The number of para-hydroxylation sites is 1. The van der Waals surface area contributed by atoms with Crippen molar-refractivity contribution in [3.05, 3.63) is 75.7 Å². The van der Waals surface area contributed by atoms with E-state index in [1.54, 1.807) is 18.3 Å². The monoisotopic (exact) mass is 578 g/mol. The fourth-order valence-corrected chi connectivity index (χ4v) is 6.45. The zero-order valence-electron chi connectivity index (χ0n) is 21.8. The molecule has 206 valence electrons. The molecule has 7 rings (SSSR count). The molecule has 0 spiro atoms. The Labute approximate surface area is 239 Å². The van der Waals surface area contributed by atoms with Gasteiger partial charge in [-0.05, 0) is 42.7 Å². The number of aromatic carboxylic acids is 1. The number of benzene rings is 1. The second-order valence-electron chi connectivity index (χ2n) is 10.4. The molecule has 1 N–H and O–H groups in total. The molecule has 0 aliphatic carbocycles. The lowest BCUT2D eigenvalue weighted by atomic mass is 9.98. The van der Waals surface area contributed by atoms with Crippen molar-refractivity contribution in [2.24, 2.45) is 0 Å². The molecule has 0 bridgehead atoms. The van der Waals surface area contributed by atoms with Crippen LogP contribution in [0.3, 0.4) is 0 Å². The highest BCUT2D eigenvalue weighted by atomic mass is 35.5. The molecule has 6 heterocycles. The fourth-order valence-electron chi connectivity index (χ4n) is 5.45. The average Bonchev–Trinajstić information content (AvgIpc) is 3.58. The maximum absolute atomic E-state index is 11.5. The quantitative estimate of drug-likeness (QED) is 0.304. The molecular weight excluding hydrogens is 552 g/mol. The van der Waals surface area contributed by atoms with Gasteiger partial charge in [0, 0.05) is 38.4 Å². The predicted molar refractivity (Wildman–Crippen MR) is 151 cm³/mol. The molecule has 0 amide bonds. The Morgan fingerprint density at radius 1 is 1.27 bits per heavy atom. The zero-order valence-corrected chi connectivity index (χ0v) is 23.4. The highest BCUT2D eigenvalue weighted by molar-refractivity contribution is 7.20. The van der Waals surface area contributed by atoms with E-state index in [-0.39, 0.29) is 6.10 Å². The number of carboxylic acids is 1. The Morgan fingerprint density at radius 2 is 2.15 bits per heavy atom. The van der Waals surface area contributed by atoms with Crippen LogP contribution < -0.4 is 9.47 Å². The van der Waals surface area contributed by atoms with Crippen LogP contribution >= 0.6 is 22.9 Å². The molecule has 0 saturated carbocycles. The maximum Gasteiger partial charge on any atom is 0.346 e. The number of halogens is 1. The largest absolute Gasteiger partial charge is 0.477 e. The number of rotatable bonds is 7. The highest BCUT2D eigenvalue weighted by Crippen LogP contribution is 2.48. The fraction of sp³-hybridized carbons (Fsp3) is 0.345. The first-order chi connectivity index (χ1) is 19.4. The SMILES string of the molecule is CC1(c2ccc(Cl)cn2)Oc2cccc(C3=CCN(Cc4nc5sc(C(=O)O)cc5n4CC4CCO4)CC3)c2O1. The lowest BCUT2D eigenvalue weighted by Gasteiger charge is -2.29. The van der Waals surface area contributed by atoms with Crippen molar-refractivity contribution >= 4 is 44.8 Å².